The number of sulfonamides is 1. The van der Waals surface area contributed by atoms with E-state index in [4.69, 9.17) is 17.3 Å². The Bertz CT molecular complexity index is 563. The molecule has 1 atom stereocenters. The summed E-state index contributed by atoms with van der Waals surface area (Å²) in [6, 6.07) is 4.71. The van der Waals surface area contributed by atoms with Gasteiger partial charge in [-0.1, -0.05) is 18.5 Å². The molecule has 0 spiro atoms. The number of nitrogens with two attached hydrogens (primary N) is 1. The summed E-state index contributed by atoms with van der Waals surface area (Å²) >= 11 is 7.76. The molecule has 1 heterocycles. The summed E-state index contributed by atoms with van der Waals surface area (Å²) in [4.78, 5) is 0.274. The molecule has 1 unspecified atom stereocenters. The first-order valence-electron chi connectivity index (χ1n) is 6.05. The molecule has 19 heavy (non-hydrogen) atoms. The SMILES string of the molecule is CC1CN(S(=O)(=O)c2ccc(Cl)c(CN)c2)CCS1. The third-order valence-corrected chi connectivity index (χ3v) is 6.44. The predicted octanol–water partition coefficient (Wildman–Crippen LogP) is 1.92. The molecule has 0 aromatic heterocycles. The lowest BCUT2D eigenvalue weighted by atomic mass is 10.2. The fraction of sp³-hybridized carbons (Fsp3) is 0.500. The summed E-state index contributed by atoms with van der Waals surface area (Å²) < 4.78 is 26.6. The van der Waals surface area contributed by atoms with Crippen LogP contribution in [0.2, 0.25) is 5.02 Å². The zero-order valence-electron chi connectivity index (χ0n) is 10.7. The van der Waals surface area contributed by atoms with Gasteiger partial charge in [-0.3, -0.25) is 0 Å². The Kier molecular flexibility index (Phi) is 4.79. The molecule has 0 radical (unpaired) electrons. The van der Waals surface area contributed by atoms with Crippen molar-refractivity contribution in [3.8, 4) is 0 Å². The van der Waals surface area contributed by atoms with Gasteiger partial charge in [0, 0.05) is 35.7 Å². The minimum Gasteiger partial charge on any atom is -0.326 e. The van der Waals surface area contributed by atoms with Crippen LogP contribution in [0.3, 0.4) is 0 Å². The third kappa shape index (κ3) is 3.25. The van der Waals surface area contributed by atoms with Crippen LogP contribution < -0.4 is 5.73 Å². The number of hydrogen-bond acceptors (Lipinski definition) is 4. The molecule has 0 saturated carbocycles. The lowest BCUT2D eigenvalue weighted by Crippen LogP contribution is -2.40. The van der Waals surface area contributed by atoms with Crippen molar-refractivity contribution in [1.82, 2.24) is 4.31 Å². The van der Waals surface area contributed by atoms with E-state index in [1.54, 1.807) is 30.0 Å². The molecule has 1 aromatic rings. The highest BCUT2D eigenvalue weighted by Gasteiger charge is 2.29. The van der Waals surface area contributed by atoms with E-state index >= 15 is 0 Å². The van der Waals surface area contributed by atoms with Crippen LogP contribution in [-0.4, -0.2) is 36.8 Å². The van der Waals surface area contributed by atoms with Crippen LogP contribution >= 0.6 is 23.4 Å². The second-order valence-corrected chi connectivity index (χ2v) is 8.39. The fourth-order valence-corrected chi connectivity index (χ4v) is 5.02. The van der Waals surface area contributed by atoms with Crippen LogP contribution in [0.5, 0.6) is 0 Å². The average Bonchev–Trinajstić information content (AvgIpc) is 2.39. The first kappa shape index (κ1) is 15.1. The smallest absolute Gasteiger partial charge is 0.243 e. The van der Waals surface area contributed by atoms with Crippen molar-refractivity contribution in [1.29, 1.82) is 0 Å². The van der Waals surface area contributed by atoms with Gasteiger partial charge in [-0.05, 0) is 23.8 Å². The summed E-state index contributed by atoms with van der Waals surface area (Å²) in [5, 5.41) is 0.828. The second-order valence-electron chi connectivity index (χ2n) is 4.50. The van der Waals surface area contributed by atoms with Gasteiger partial charge in [-0.15, -0.1) is 0 Å². The highest BCUT2D eigenvalue weighted by atomic mass is 35.5. The van der Waals surface area contributed by atoms with Gasteiger partial charge in [0.2, 0.25) is 10.0 Å². The van der Waals surface area contributed by atoms with Crippen molar-refractivity contribution in [3.63, 3.8) is 0 Å². The van der Waals surface area contributed by atoms with Crippen LogP contribution in [0.25, 0.3) is 0 Å². The Morgan fingerprint density at radius 1 is 1.53 bits per heavy atom. The molecular weight excluding hydrogens is 304 g/mol. The molecule has 1 aromatic carbocycles. The molecule has 4 nitrogen and oxygen atoms in total. The van der Waals surface area contributed by atoms with Crippen molar-refractivity contribution in [3.05, 3.63) is 28.8 Å². The lowest BCUT2D eigenvalue weighted by Gasteiger charge is -2.29. The Balaban J connectivity index is 2.33. The predicted molar refractivity (Wildman–Crippen MR) is 80.0 cm³/mol. The van der Waals surface area contributed by atoms with Gasteiger partial charge in [0.25, 0.3) is 0 Å². The molecule has 106 valence electrons. The van der Waals surface area contributed by atoms with Crippen molar-refractivity contribution < 1.29 is 8.42 Å². The van der Waals surface area contributed by atoms with E-state index in [1.165, 1.54) is 4.31 Å². The van der Waals surface area contributed by atoms with Gasteiger partial charge in [-0.25, -0.2) is 8.42 Å². The maximum Gasteiger partial charge on any atom is 0.243 e. The summed E-state index contributed by atoms with van der Waals surface area (Å²) in [6.07, 6.45) is 0. The standard InChI is InChI=1S/C12H17ClN2O2S2/c1-9-8-15(4-5-18-9)19(16,17)11-2-3-12(13)10(6-11)7-14/h2-3,6,9H,4-5,7-8,14H2,1H3. The first-order valence-corrected chi connectivity index (χ1v) is 8.92. The third-order valence-electron chi connectivity index (χ3n) is 3.08. The van der Waals surface area contributed by atoms with Crippen LogP contribution in [0.1, 0.15) is 12.5 Å². The molecule has 0 amide bonds. The average molecular weight is 321 g/mol. The van der Waals surface area contributed by atoms with Gasteiger partial charge in [0.15, 0.2) is 0 Å². The number of hydrogen-bond donors (Lipinski definition) is 1. The van der Waals surface area contributed by atoms with Gasteiger partial charge in [0.1, 0.15) is 0 Å². The molecule has 2 N–H and O–H groups in total. The minimum absolute atomic E-state index is 0.231. The molecule has 1 saturated heterocycles. The fourth-order valence-electron chi connectivity index (χ4n) is 2.02. The van der Waals surface area contributed by atoms with Crippen LogP contribution in [-0.2, 0) is 16.6 Å². The number of halogens is 1. The highest BCUT2D eigenvalue weighted by Crippen LogP contribution is 2.26. The van der Waals surface area contributed by atoms with Gasteiger partial charge in [0.05, 0.1) is 4.90 Å². The molecule has 1 fully saturated rings. The van der Waals surface area contributed by atoms with E-state index < -0.39 is 10.0 Å². The summed E-state index contributed by atoms with van der Waals surface area (Å²) in [7, 11) is -3.44. The van der Waals surface area contributed by atoms with E-state index in [0.717, 1.165) is 5.75 Å². The van der Waals surface area contributed by atoms with Crippen molar-refractivity contribution in [2.75, 3.05) is 18.8 Å². The van der Waals surface area contributed by atoms with Crippen molar-refractivity contribution in [2.45, 2.75) is 23.6 Å². The topological polar surface area (TPSA) is 63.4 Å². The van der Waals surface area contributed by atoms with E-state index in [0.29, 0.717) is 28.9 Å². The van der Waals surface area contributed by atoms with E-state index in [-0.39, 0.29) is 11.4 Å². The largest absolute Gasteiger partial charge is 0.326 e. The normalized spacial score (nSPS) is 21.5. The molecule has 1 aliphatic rings. The van der Waals surface area contributed by atoms with Crippen LogP contribution in [0.4, 0.5) is 0 Å². The minimum atomic E-state index is -3.44. The second kappa shape index (κ2) is 6.01. The molecule has 7 heteroatoms. The lowest BCUT2D eigenvalue weighted by molar-refractivity contribution is 0.424. The number of thioether (sulfide) groups is 1. The van der Waals surface area contributed by atoms with Crippen LogP contribution in [0, 0.1) is 0 Å². The Morgan fingerprint density at radius 3 is 2.89 bits per heavy atom. The Labute approximate surface area is 123 Å². The molecule has 0 bridgehead atoms. The number of nitrogens with zero attached hydrogens (tertiary/aromatic N) is 1. The van der Waals surface area contributed by atoms with E-state index in [2.05, 4.69) is 0 Å². The quantitative estimate of drug-likeness (QED) is 0.924. The van der Waals surface area contributed by atoms with Crippen LogP contribution in [0.15, 0.2) is 23.1 Å². The first-order chi connectivity index (χ1) is 8.95. The zero-order valence-corrected chi connectivity index (χ0v) is 13.1. The van der Waals surface area contributed by atoms with Crippen molar-refractivity contribution >= 4 is 33.4 Å². The van der Waals surface area contributed by atoms with Gasteiger partial charge < -0.3 is 5.73 Å². The number of rotatable bonds is 3. The monoisotopic (exact) mass is 320 g/mol. The van der Waals surface area contributed by atoms with Gasteiger partial charge >= 0.3 is 0 Å². The summed E-state index contributed by atoms with van der Waals surface area (Å²) in [6.45, 7) is 3.37. The Hall–Kier alpha value is -0.270. The zero-order chi connectivity index (χ0) is 14.0. The van der Waals surface area contributed by atoms with Gasteiger partial charge in [-0.2, -0.15) is 16.1 Å². The molecular formula is C12H17ClN2O2S2. The highest BCUT2D eigenvalue weighted by molar-refractivity contribution is 8.00. The maximum absolute atomic E-state index is 12.5. The van der Waals surface area contributed by atoms with Crippen molar-refractivity contribution in [2.24, 2.45) is 5.73 Å². The summed E-state index contributed by atoms with van der Waals surface area (Å²) in [5.41, 5.74) is 6.22. The van der Waals surface area contributed by atoms with E-state index in [1.807, 2.05) is 6.92 Å². The maximum atomic E-state index is 12.5. The van der Waals surface area contributed by atoms with E-state index in [9.17, 15) is 8.42 Å². The Morgan fingerprint density at radius 2 is 2.26 bits per heavy atom. The number of benzene rings is 1. The molecule has 1 aliphatic heterocycles. The molecule has 2 rings (SSSR count). The molecule has 0 aliphatic carbocycles. The summed E-state index contributed by atoms with van der Waals surface area (Å²) in [5.74, 6) is 0.831.